The lowest BCUT2D eigenvalue weighted by molar-refractivity contribution is -0.161. The molecule has 17 heavy (non-hydrogen) atoms. The number of aliphatic carboxylic acids is 1. The van der Waals surface area contributed by atoms with Gasteiger partial charge in [0.25, 0.3) is 0 Å². The van der Waals surface area contributed by atoms with Crippen LogP contribution in [0.25, 0.3) is 10.8 Å². The summed E-state index contributed by atoms with van der Waals surface area (Å²) >= 11 is 0. The van der Waals surface area contributed by atoms with Crippen molar-refractivity contribution in [2.45, 2.75) is 12.5 Å². The van der Waals surface area contributed by atoms with Crippen molar-refractivity contribution in [2.75, 3.05) is 7.11 Å². The second kappa shape index (κ2) is 4.18. The largest absolute Gasteiger partial charge is 0.479 e. The first kappa shape index (κ1) is 11.6. The maximum atomic E-state index is 11.3. The summed E-state index contributed by atoms with van der Waals surface area (Å²) < 4.78 is 5.13. The Labute approximate surface area is 99.6 Å². The molecule has 0 amide bonds. The zero-order valence-electron chi connectivity index (χ0n) is 9.81. The van der Waals surface area contributed by atoms with E-state index in [1.54, 1.807) is 13.0 Å². The number of carbonyl (C=O) groups is 1. The normalized spacial score (nSPS) is 14.5. The minimum absolute atomic E-state index is 0.645. The van der Waals surface area contributed by atoms with Crippen molar-refractivity contribution in [1.29, 1.82) is 0 Å². The first-order chi connectivity index (χ1) is 8.08. The fraction of sp³-hybridized carbons (Fsp3) is 0.214. The highest BCUT2D eigenvalue weighted by Crippen LogP contribution is 2.28. The Hall–Kier alpha value is -1.87. The SMILES string of the molecule is CO[C@](C)(C(=O)O)c1ccc2ccccc2c1. The van der Waals surface area contributed by atoms with E-state index in [1.807, 2.05) is 36.4 Å². The van der Waals surface area contributed by atoms with Crippen molar-refractivity contribution in [3.8, 4) is 0 Å². The predicted octanol–water partition coefficient (Wildman–Crippen LogP) is 2.79. The Morgan fingerprint density at radius 3 is 2.41 bits per heavy atom. The second-order valence-electron chi connectivity index (χ2n) is 4.10. The summed E-state index contributed by atoms with van der Waals surface area (Å²) in [7, 11) is 1.41. The molecule has 2 rings (SSSR count). The highest BCUT2D eigenvalue weighted by molar-refractivity contribution is 5.86. The van der Waals surface area contributed by atoms with Gasteiger partial charge in [0.1, 0.15) is 0 Å². The summed E-state index contributed by atoms with van der Waals surface area (Å²) in [5, 5.41) is 11.3. The van der Waals surface area contributed by atoms with Crippen molar-refractivity contribution in [3.05, 3.63) is 48.0 Å². The van der Waals surface area contributed by atoms with E-state index in [0.29, 0.717) is 5.56 Å². The van der Waals surface area contributed by atoms with Gasteiger partial charge in [-0.2, -0.15) is 0 Å². The molecule has 0 radical (unpaired) electrons. The van der Waals surface area contributed by atoms with Gasteiger partial charge in [0.15, 0.2) is 5.60 Å². The number of methoxy groups -OCH3 is 1. The average molecular weight is 230 g/mol. The van der Waals surface area contributed by atoms with E-state index in [9.17, 15) is 9.90 Å². The number of rotatable bonds is 3. The molecule has 0 aromatic heterocycles. The standard InChI is InChI=1S/C14H14O3/c1-14(17-2,13(15)16)12-8-7-10-5-3-4-6-11(10)9-12/h3-9H,1-2H3,(H,15,16)/t14-/m0/s1. The van der Waals surface area contributed by atoms with Crippen LogP contribution < -0.4 is 0 Å². The number of carboxylic acids is 1. The van der Waals surface area contributed by atoms with Gasteiger partial charge in [-0.1, -0.05) is 36.4 Å². The number of hydrogen-bond donors (Lipinski definition) is 1. The van der Waals surface area contributed by atoms with E-state index in [1.165, 1.54) is 7.11 Å². The highest BCUT2D eigenvalue weighted by Gasteiger charge is 2.35. The lowest BCUT2D eigenvalue weighted by atomic mass is 9.93. The summed E-state index contributed by atoms with van der Waals surface area (Å²) in [6.07, 6.45) is 0. The van der Waals surface area contributed by atoms with Gasteiger partial charge in [0.05, 0.1) is 0 Å². The van der Waals surface area contributed by atoms with Crippen molar-refractivity contribution in [3.63, 3.8) is 0 Å². The Balaban J connectivity index is 2.59. The zero-order chi connectivity index (χ0) is 12.5. The Kier molecular flexibility index (Phi) is 2.86. The summed E-state index contributed by atoms with van der Waals surface area (Å²) in [6, 6.07) is 13.4. The average Bonchev–Trinajstić information content (AvgIpc) is 2.37. The van der Waals surface area contributed by atoms with E-state index in [2.05, 4.69) is 0 Å². The number of hydrogen-bond acceptors (Lipinski definition) is 2. The van der Waals surface area contributed by atoms with Crippen LogP contribution in [0.3, 0.4) is 0 Å². The lowest BCUT2D eigenvalue weighted by Gasteiger charge is -2.23. The number of ether oxygens (including phenoxy) is 1. The van der Waals surface area contributed by atoms with E-state index in [0.717, 1.165) is 10.8 Å². The van der Waals surface area contributed by atoms with Crippen molar-refractivity contribution < 1.29 is 14.6 Å². The quantitative estimate of drug-likeness (QED) is 0.881. The molecule has 88 valence electrons. The van der Waals surface area contributed by atoms with Gasteiger partial charge in [-0.3, -0.25) is 0 Å². The number of carboxylic acid groups (broad SMARTS) is 1. The van der Waals surface area contributed by atoms with Gasteiger partial charge in [0.2, 0.25) is 0 Å². The van der Waals surface area contributed by atoms with E-state index < -0.39 is 11.6 Å². The topological polar surface area (TPSA) is 46.5 Å². The molecule has 0 heterocycles. The third kappa shape index (κ3) is 1.89. The summed E-state index contributed by atoms with van der Waals surface area (Å²) in [5.74, 6) is -0.990. The molecule has 1 atom stereocenters. The molecule has 0 spiro atoms. The van der Waals surface area contributed by atoms with Crippen LogP contribution in [0.4, 0.5) is 0 Å². The first-order valence-electron chi connectivity index (χ1n) is 5.36. The minimum atomic E-state index is -1.30. The molecule has 0 aliphatic heterocycles. The maximum Gasteiger partial charge on any atom is 0.340 e. The zero-order valence-corrected chi connectivity index (χ0v) is 9.81. The van der Waals surface area contributed by atoms with Gasteiger partial charge in [-0.05, 0) is 29.3 Å². The molecule has 1 N–H and O–H groups in total. The van der Waals surface area contributed by atoms with Crippen LogP contribution >= 0.6 is 0 Å². The van der Waals surface area contributed by atoms with E-state index >= 15 is 0 Å². The summed E-state index contributed by atoms with van der Waals surface area (Å²) in [6.45, 7) is 1.56. The van der Waals surface area contributed by atoms with Gasteiger partial charge in [-0.15, -0.1) is 0 Å². The molecule has 0 saturated heterocycles. The van der Waals surface area contributed by atoms with Gasteiger partial charge < -0.3 is 9.84 Å². The van der Waals surface area contributed by atoms with Crippen LogP contribution in [-0.2, 0) is 15.1 Å². The van der Waals surface area contributed by atoms with Crippen LogP contribution in [0.1, 0.15) is 12.5 Å². The van der Waals surface area contributed by atoms with Crippen LogP contribution in [0.15, 0.2) is 42.5 Å². The molecule has 0 aliphatic rings. The minimum Gasteiger partial charge on any atom is -0.479 e. The van der Waals surface area contributed by atoms with Crippen molar-refractivity contribution in [2.24, 2.45) is 0 Å². The molecule has 2 aromatic carbocycles. The van der Waals surface area contributed by atoms with Crippen LogP contribution in [-0.4, -0.2) is 18.2 Å². The third-order valence-corrected chi connectivity index (χ3v) is 3.12. The smallest absolute Gasteiger partial charge is 0.340 e. The third-order valence-electron chi connectivity index (χ3n) is 3.12. The second-order valence-corrected chi connectivity index (χ2v) is 4.10. The fourth-order valence-electron chi connectivity index (χ4n) is 1.81. The molecular weight excluding hydrogens is 216 g/mol. The molecule has 2 aromatic rings. The van der Waals surface area contributed by atoms with Crippen LogP contribution in [0.2, 0.25) is 0 Å². The fourth-order valence-corrected chi connectivity index (χ4v) is 1.81. The number of fused-ring (bicyclic) bond motifs is 1. The molecule has 0 fully saturated rings. The monoisotopic (exact) mass is 230 g/mol. The van der Waals surface area contributed by atoms with E-state index in [-0.39, 0.29) is 0 Å². The molecule has 0 bridgehead atoms. The van der Waals surface area contributed by atoms with Gasteiger partial charge in [-0.25, -0.2) is 4.79 Å². The maximum absolute atomic E-state index is 11.3. The van der Waals surface area contributed by atoms with Crippen LogP contribution in [0, 0.1) is 0 Å². The van der Waals surface area contributed by atoms with Gasteiger partial charge in [0, 0.05) is 7.11 Å². The lowest BCUT2D eigenvalue weighted by Crippen LogP contribution is -2.34. The first-order valence-corrected chi connectivity index (χ1v) is 5.36. The van der Waals surface area contributed by atoms with E-state index in [4.69, 9.17) is 4.74 Å². The molecule has 0 saturated carbocycles. The molecule has 3 nitrogen and oxygen atoms in total. The predicted molar refractivity (Wildman–Crippen MR) is 65.9 cm³/mol. The molecule has 0 unspecified atom stereocenters. The number of benzene rings is 2. The Morgan fingerprint density at radius 1 is 1.18 bits per heavy atom. The molecule has 0 aliphatic carbocycles. The van der Waals surface area contributed by atoms with Crippen molar-refractivity contribution >= 4 is 16.7 Å². The summed E-state index contributed by atoms with van der Waals surface area (Å²) in [4.78, 5) is 11.3. The Bertz CT molecular complexity index is 562. The highest BCUT2D eigenvalue weighted by atomic mass is 16.5. The van der Waals surface area contributed by atoms with Crippen LogP contribution in [0.5, 0.6) is 0 Å². The molecule has 3 heteroatoms. The van der Waals surface area contributed by atoms with Crippen molar-refractivity contribution in [1.82, 2.24) is 0 Å². The summed E-state index contributed by atoms with van der Waals surface area (Å²) in [5.41, 5.74) is -0.657. The molecular formula is C14H14O3. The van der Waals surface area contributed by atoms with Gasteiger partial charge >= 0.3 is 5.97 Å². The Morgan fingerprint density at radius 2 is 1.82 bits per heavy atom.